The zero-order valence-electron chi connectivity index (χ0n) is 20.2. The summed E-state index contributed by atoms with van der Waals surface area (Å²) < 4.78 is 5.73. The molecule has 176 valence electrons. The molecular weight excluding hydrogens is 414 g/mol. The van der Waals surface area contributed by atoms with Gasteiger partial charge in [0.05, 0.1) is 24.7 Å². The second-order valence-corrected chi connectivity index (χ2v) is 8.87. The van der Waals surface area contributed by atoms with Gasteiger partial charge in [0.1, 0.15) is 11.6 Å². The summed E-state index contributed by atoms with van der Waals surface area (Å²) >= 11 is 0. The van der Waals surface area contributed by atoms with Crippen LogP contribution in [0.1, 0.15) is 38.3 Å². The topological polar surface area (TPSA) is 60.4 Å². The minimum absolute atomic E-state index is 0.0773. The zero-order chi connectivity index (χ0) is 23.4. The summed E-state index contributed by atoms with van der Waals surface area (Å²) in [6, 6.07) is 6.64. The second-order valence-electron chi connectivity index (χ2n) is 8.87. The Hall–Kier alpha value is -3.06. The Bertz CT molecular complexity index is 1020. The van der Waals surface area contributed by atoms with Crippen LogP contribution in [0.5, 0.6) is 5.75 Å². The van der Waals surface area contributed by atoms with Gasteiger partial charge >= 0.3 is 0 Å². The monoisotopic (exact) mass is 449 g/mol. The van der Waals surface area contributed by atoms with Crippen LogP contribution in [0.3, 0.4) is 0 Å². The van der Waals surface area contributed by atoms with Crippen molar-refractivity contribution in [3.63, 3.8) is 0 Å². The highest BCUT2D eigenvalue weighted by Crippen LogP contribution is 2.27. The summed E-state index contributed by atoms with van der Waals surface area (Å²) in [6.45, 7) is 11.6. The van der Waals surface area contributed by atoms with Crippen LogP contribution in [0.2, 0.25) is 0 Å². The molecular formula is C26H35N5O2. The quantitative estimate of drug-likeness (QED) is 0.676. The van der Waals surface area contributed by atoms with Crippen molar-refractivity contribution in [2.45, 2.75) is 40.2 Å². The molecule has 0 unspecified atom stereocenters. The van der Waals surface area contributed by atoms with E-state index in [1.54, 1.807) is 7.05 Å². The fourth-order valence-corrected chi connectivity index (χ4v) is 4.37. The van der Waals surface area contributed by atoms with Gasteiger partial charge in [-0.05, 0) is 43.0 Å². The van der Waals surface area contributed by atoms with Crippen LogP contribution in [0.4, 0.5) is 0 Å². The van der Waals surface area contributed by atoms with Crippen LogP contribution in [-0.4, -0.2) is 66.7 Å². The first-order chi connectivity index (χ1) is 16.0. The van der Waals surface area contributed by atoms with Crippen molar-refractivity contribution in [1.82, 2.24) is 20.0 Å². The fourth-order valence-electron chi connectivity index (χ4n) is 4.37. The highest BCUT2D eigenvalue weighted by atomic mass is 16.5. The Kier molecular flexibility index (Phi) is 7.18. The van der Waals surface area contributed by atoms with E-state index in [4.69, 9.17) is 9.73 Å². The standard InChI is InChI=1S/C26H35N5O2/c1-5-19(2)23-15-28-25(18-31(23)16-20(3)26(32)27-4)30-11-9-29(10-12-30)17-21-6-7-22-8-13-33-24(22)14-21/h6-7,14-16,18H,5,8-13,17H2,1-4H3,(H,27,32)/b20-16+,23-19-. The maximum Gasteiger partial charge on any atom is 0.248 e. The molecule has 3 aliphatic rings. The summed E-state index contributed by atoms with van der Waals surface area (Å²) in [7, 11) is 1.65. The normalized spacial score (nSPS) is 20.4. The SMILES string of the molecule is CC/C(C)=C1/C=NC(N2CCN(Cc3ccc4c(c3)OCC4)CC2)=CN1/C=C(\C)C(=O)NC. The van der Waals surface area contributed by atoms with E-state index < -0.39 is 0 Å². The first-order valence-corrected chi connectivity index (χ1v) is 11.8. The summed E-state index contributed by atoms with van der Waals surface area (Å²) in [4.78, 5) is 23.7. The lowest BCUT2D eigenvalue weighted by Gasteiger charge is -2.37. The highest BCUT2D eigenvalue weighted by Gasteiger charge is 2.23. The molecule has 4 rings (SSSR count). The molecule has 0 aliphatic carbocycles. The van der Waals surface area contributed by atoms with E-state index in [1.165, 1.54) is 16.7 Å². The summed E-state index contributed by atoms with van der Waals surface area (Å²) in [5, 5.41) is 2.70. The van der Waals surface area contributed by atoms with Gasteiger partial charge in [0.25, 0.3) is 0 Å². The number of benzene rings is 1. The molecule has 1 N–H and O–H groups in total. The van der Waals surface area contributed by atoms with E-state index in [1.807, 2.05) is 24.2 Å². The number of aliphatic imine (C=N–C) groups is 1. The van der Waals surface area contributed by atoms with E-state index >= 15 is 0 Å². The number of carbonyl (C=O) groups is 1. The number of allylic oxidation sites excluding steroid dienone is 2. The highest BCUT2D eigenvalue weighted by molar-refractivity contribution is 5.92. The summed E-state index contributed by atoms with van der Waals surface area (Å²) in [5.74, 6) is 1.92. The number of amides is 1. The van der Waals surface area contributed by atoms with Crippen LogP contribution in [0.25, 0.3) is 0 Å². The lowest BCUT2D eigenvalue weighted by molar-refractivity contribution is -0.117. The number of piperazine rings is 1. The van der Waals surface area contributed by atoms with Gasteiger partial charge in [-0.15, -0.1) is 0 Å². The molecule has 1 saturated heterocycles. The third-order valence-corrected chi connectivity index (χ3v) is 6.60. The second kappa shape index (κ2) is 10.3. The molecule has 0 aromatic heterocycles. The van der Waals surface area contributed by atoms with E-state index in [2.05, 4.69) is 53.4 Å². The van der Waals surface area contributed by atoms with Gasteiger partial charge in [0.15, 0.2) is 0 Å². The minimum atomic E-state index is -0.0773. The van der Waals surface area contributed by atoms with Gasteiger partial charge in [-0.1, -0.05) is 19.1 Å². The number of hydrogen-bond donors (Lipinski definition) is 1. The number of carbonyl (C=O) groups excluding carboxylic acids is 1. The molecule has 3 heterocycles. The lowest BCUT2D eigenvalue weighted by atomic mass is 10.1. The molecule has 0 radical (unpaired) electrons. The average molecular weight is 450 g/mol. The van der Waals surface area contributed by atoms with E-state index in [9.17, 15) is 4.79 Å². The Labute approximate surface area is 197 Å². The number of fused-ring (bicyclic) bond motifs is 1. The molecule has 0 saturated carbocycles. The van der Waals surface area contributed by atoms with E-state index in [-0.39, 0.29) is 5.91 Å². The van der Waals surface area contributed by atoms with Gasteiger partial charge in [-0.25, -0.2) is 4.99 Å². The van der Waals surface area contributed by atoms with Crippen LogP contribution < -0.4 is 10.1 Å². The third-order valence-electron chi connectivity index (χ3n) is 6.60. The molecule has 0 atom stereocenters. The number of nitrogens with zero attached hydrogens (tertiary/aromatic N) is 4. The van der Waals surface area contributed by atoms with Crippen molar-refractivity contribution in [1.29, 1.82) is 0 Å². The smallest absolute Gasteiger partial charge is 0.248 e. The minimum Gasteiger partial charge on any atom is -0.493 e. The molecule has 1 aromatic rings. The zero-order valence-corrected chi connectivity index (χ0v) is 20.2. The van der Waals surface area contributed by atoms with E-state index in [0.29, 0.717) is 5.57 Å². The molecule has 3 aliphatic heterocycles. The number of likely N-dealkylation sites (N-methyl/N-ethyl adjacent to an activating group) is 1. The maximum absolute atomic E-state index is 12.1. The molecule has 33 heavy (non-hydrogen) atoms. The van der Waals surface area contributed by atoms with Gasteiger partial charge in [0, 0.05) is 58.0 Å². The molecule has 7 nitrogen and oxygen atoms in total. The van der Waals surface area contributed by atoms with Crippen molar-refractivity contribution in [2.24, 2.45) is 4.99 Å². The largest absolute Gasteiger partial charge is 0.493 e. The molecule has 1 aromatic carbocycles. The van der Waals surface area contributed by atoms with Gasteiger partial charge in [0.2, 0.25) is 5.91 Å². The summed E-state index contributed by atoms with van der Waals surface area (Å²) in [5.41, 5.74) is 5.56. The Morgan fingerprint density at radius 2 is 2.00 bits per heavy atom. The van der Waals surface area contributed by atoms with Crippen LogP contribution in [0, 0.1) is 0 Å². The molecule has 1 fully saturated rings. The Balaban J connectivity index is 1.42. The predicted octanol–water partition coefficient (Wildman–Crippen LogP) is 3.26. The first kappa shape index (κ1) is 23.1. The predicted molar refractivity (Wildman–Crippen MR) is 132 cm³/mol. The Morgan fingerprint density at radius 1 is 1.21 bits per heavy atom. The van der Waals surface area contributed by atoms with Crippen molar-refractivity contribution >= 4 is 12.1 Å². The average Bonchev–Trinajstić information content (AvgIpc) is 3.31. The van der Waals surface area contributed by atoms with Crippen LogP contribution in [0.15, 0.2) is 58.3 Å². The lowest BCUT2D eigenvalue weighted by Crippen LogP contribution is -2.45. The number of hydrogen-bond acceptors (Lipinski definition) is 6. The van der Waals surface area contributed by atoms with Gasteiger partial charge in [-0.3, -0.25) is 9.69 Å². The van der Waals surface area contributed by atoms with E-state index in [0.717, 1.165) is 69.4 Å². The fraction of sp³-hybridized carbons (Fsp3) is 0.462. The van der Waals surface area contributed by atoms with Crippen molar-refractivity contribution < 1.29 is 9.53 Å². The number of rotatable bonds is 6. The maximum atomic E-state index is 12.1. The molecule has 0 bridgehead atoms. The Morgan fingerprint density at radius 3 is 2.73 bits per heavy atom. The van der Waals surface area contributed by atoms with Crippen molar-refractivity contribution in [2.75, 3.05) is 39.8 Å². The van der Waals surface area contributed by atoms with Crippen molar-refractivity contribution in [3.8, 4) is 5.75 Å². The molecule has 7 heteroatoms. The number of ether oxygens (including phenoxy) is 1. The van der Waals surface area contributed by atoms with Crippen LogP contribution >= 0.6 is 0 Å². The van der Waals surface area contributed by atoms with Gasteiger partial charge in [-0.2, -0.15) is 0 Å². The first-order valence-electron chi connectivity index (χ1n) is 11.8. The van der Waals surface area contributed by atoms with Crippen molar-refractivity contribution in [3.05, 3.63) is 64.4 Å². The van der Waals surface area contributed by atoms with Gasteiger partial charge < -0.3 is 19.9 Å². The summed E-state index contributed by atoms with van der Waals surface area (Å²) in [6.07, 6.45) is 7.82. The third kappa shape index (κ3) is 5.30. The molecule has 0 spiro atoms. The van der Waals surface area contributed by atoms with Crippen LogP contribution in [-0.2, 0) is 17.8 Å². The number of nitrogens with one attached hydrogen (secondary N) is 1. The molecule has 1 amide bonds.